The van der Waals surface area contributed by atoms with E-state index in [-0.39, 0.29) is 11.9 Å². The lowest BCUT2D eigenvalue weighted by atomic mass is 10.1. The number of nitrogens with zero attached hydrogens (tertiary/aromatic N) is 1. The average molecular weight is 333 g/mol. The van der Waals surface area contributed by atoms with E-state index in [4.69, 9.17) is 0 Å². The van der Waals surface area contributed by atoms with Gasteiger partial charge in [-0.2, -0.15) is 0 Å². The molecule has 1 aliphatic rings. The van der Waals surface area contributed by atoms with Crippen molar-refractivity contribution in [3.63, 3.8) is 0 Å². The average Bonchev–Trinajstić information content (AvgIpc) is 2.88. The SMILES string of the molecule is C=C1SC(NC(=O)c2ccc(CC)cc2)=NC1C.C=CC.CC. The van der Waals surface area contributed by atoms with Crippen LogP contribution in [0.5, 0.6) is 0 Å². The summed E-state index contributed by atoms with van der Waals surface area (Å²) in [7, 11) is 0. The molecule has 1 aromatic rings. The van der Waals surface area contributed by atoms with Crippen LogP contribution in [0.3, 0.4) is 0 Å². The highest BCUT2D eigenvalue weighted by molar-refractivity contribution is 8.17. The molecule has 1 heterocycles. The smallest absolute Gasteiger partial charge is 0.257 e. The van der Waals surface area contributed by atoms with Gasteiger partial charge in [-0.3, -0.25) is 9.79 Å². The van der Waals surface area contributed by atoms with Crippen molar-refractivity contribution >= 4 is 22.8 Å². The molecule has 1 aromatic carbocycles. The number of aryl methyl sites for hydroxylation is 1. The van der Waals surface area contributed by atoms with Gasteiger partial charge in [0.05, 0.1) is 6.04 Å². The fourth-order valence-electron chi connectivity index (χ4n) is 1.60. The molecule has 0 aliphatic carbocycles. The van der Waals surface area contributed by atoms with Gasteiger partial charge in [0.25, 0.3) is 5.91 Å². The van der Waals surface area contributed by atoms with Gasteiger partial charge in [0.2, 0.25) is 0 Å². The molecule has 1 amide bonds. The second-order valence-electron chi connectivity index (χ2n) is 4.59. The van der Waals surface area contributed by atoms with Gasteiger partial charge in [0, 0.05) is 10.5 Å². The molecule has 23 heavy (non-hydrogen) atoms. The summed E-state index contributed by atoms with van der Waals surface area (Å²) >= 11 is 1.43. The van der Waals surface area contributed by atoms with E-state index in [0.29, 0.717) is 10.7 Å². The van der Waals surface area contributed by atoms with Gasteiger partial charge in [-0.1, -0.05) is 57.3 Å². The predicted molar refractivity (Wildman–Crippen MR) is 104 cm³/mol. The van der Waals surface area contributed by atoms with Crippen molar-refractivity contribution in [3.05, 3.63) is 59.5 Å². The van der Waals surface area contributed by atoms with E-state index in [1.54, 1.807) is 6.08 Å². The number of amides is 1. The molecule has 1 unspecified atom stereocenters. The maximum Gasteiger partial charge on any atom is 0.257 e. The van der Waals surface area contributed by atoms with Crippen LogP contribution in [-0.2, 0) is 6.42 Å². The minimum absolute atomic E-state index is 0.0766. The highest BCUT2D eigenvalue weighted by atomic mass is 32.2. The Morgan fingerprint density at radius 3 is 2.26 bits per heavy atom. The number of hydrogen-bond acceptors (Lipinski definition) is 3. The zero-order chi connectivity index (χ0) is 17.8. The van der Waals surface area contributed by atoms with Gasteiger partial charge in [-0.05, 0) is 38.0 Å². The summed E-state index contributed by atoms with van der Waals surface area (Å²) < 4.78 is 0. The highest BCUT2D eigenvalue weighted by Crippen LogP contribution is 2.27. The first-order valence-corrected chi connectivity index (χ1v) is 8.75. The van der Waals surface area contributed by atoms with Crippen LogP contribution in [0, 0.1) is 0 Å². The van der Waals surface area contributed by atoms with Crippen molar-refractivity contribution in [3.8, 4) is 0 Å². The third-order valence-corrected chi connectivity index (χ3v) is 3.85. The van der Waals surface area contributed by atoms with E-state index in [0.717, 1.165) is 11.3 Å². The number of hydrogen-bond donors (Lipinski definition) is 1. The summed E-state index contributed by atoms with van der Waals surface area (Å²) in [5.74, 6) is -0.120. The standard InChI is InChI=1S/C14H16N2OS.C3H6.C2H6/c1-4-11-5-7-12(8-6-11)13(17)16-14-15-9(2)10(3)18-14;1-3-2;1-2/h5-9H,3-4H2,1-2H3,(H,15,16,17);3H,1H2,2H3;1-2H3. The fourth-order valence-corrected chi connectivity index (χ4v) is 2.43. The Balaban J connectivity index is 0.000000868. The first kappa shape index (κ1) is 21.2. The number of carbonyl (C=O) groups is 1. The van der Waals surface area contributed by atoms with Gasteiger partial charge < -0.3 is 5.32 Å². The quantitative estimate of drug-likeness (QED) is 0.756. The summed E-state index contributed by atoms with van der Waals surface area (Å²) in [6.45, 7) is 17.2. The Kier molecular flexibility index (Phi) is 10.8. The molecule has 1 N–H and O–H groups in total. The second-order valence-corrected chi connectivity index (χ2v) is 5.71. The normalized spacial score (nSPS) is 15.4. The van der Waals surface area contributed by atoms with Crippen molar-refractivity contribution in [2.75, 3.05) is 0 Å². The van der Waals surface area contributed by atoms with E-state index in [9.17, 15) is 4.79 Å². The fraction of sp³-hybridized carbons (Fsp3) is 0.368. The lowest BCUT2D eigenvalue weighted by Gasteiger charge is -2.04. The molecule has 1 atom stereocenters. The van der Waals surface area contributed by atoms with Crippen molar-refractivity contribution in [1.29, 1.82) is 0 Å². The van der Waals surface area contributed by atoms with E-state index in [1.807, 2.05) is 52.0 Å². The molecule has 0 aromatic heterocycles. The molecule has 4 heteroatoms. The monoisotopic (exact) mass is 332 g/mol. The molecule has 0 bridgehead atoms. The molecule has 0 radical (unpaired) electrons. The number of nitrogens with one attached hydrogen (secondary N) is 1. The number of carbonyl (C=O) groups excluding carboxylic acids is 1. The van der Waals surface area contributed by atoms with Gasteiger partial charge in [-0.15, -0.1) is 6.58 Å². The van der Waals surface area contributed by atoms with Crippen molar-refractivity contribution in [2.45, 2.75) is 47.1 Å². The van der Waals surface area contributed by atoms with Crippen molar-refractivity contribution in [2.24, 2.45) is 4.99 Å². The molecule has 2 rings (SSSR count). The van der Waals surface area contributed by atoms with Crippen LogP contribution in [0.15, 0.2) is 53.4 Å². The van der Waals surface area contributed by atoms with Crippen molar-refractivity contribution in [1.82, 2.24) is 5.32 Å². The van der Waals surface area contributed by atoms with Crippen LogP contribution < -0.4 is 5.32 Å². The first-order valence-electron chi connectivity index (χ1n) is 7.93. The largest absolute Gasteiger partial charge is 0.301 e. The lowest BCUT2D eigenvalue weighted by Crippen LogP contribution is -2.27. The summed E-state index contributed by atoms with van der Waals surface area (Å²) in [4.78, 5) is 17.3. The molecule has 3 nitrogen and oxygen atoms in total. The van der Waals surface area contributed by atoms with E-state index >= 15 is 0 Å². The summed E-state index contributed by atoms with van der Waals surface area (Å²) in [5.41, 5.74) is 1.88. The Bertz CT molecular complexity index is 547. The number of benzene rings is 1. The first-order chi connectivity index (χ1) is 11.0. The zero-order valence-electron chi connectivity index (χ0n) is 14.8. The molecule has 0 saturated heterocycles. The van der Waals surface area contributed by atoms with Crippen LogP contribution >= 0.6 is 11.8 Å². The summed E-state index contributed by atoms with van der Waals surface area (Å²) in [6.07, 6.45) is 2.72. The molecular weight excluding hydrogens is 304 g/mol. The molecule has 126 valence electrons. The topological polar surface area (TPSA) is 41.5 Å². The summed E-state index contributed by atoms with van der Waals surface area (Å²) in [6, 6.07) is 7.70. The van der Waals surface area contributed by atoms with E-state index in [1.165, 1.54) is 17.3 Å². The van der Waals surface area contributed by atoms with Gasteiger partial charge in [0.1, 0.15) is 0 Å². The lowest BCUT2D eigenvalue weighted by molar-refractivity contribution is 0.0978. The highest BCUT2D eigenvalue weighted by Gasteiger charge is 2.20. The van der Waals surface area contributed by atoms with Crippen LogP contribution in [0.1, 0.15) is 50.5 Å². The van der Waals surface area contributed by atoms with Gasteiger partial charge >= 0.3 is 0 Å². The predicted octanol–water partition coefficient (Wildman–Crippen LogP) is 5.20. The second kappa shape index (κ2) is 11.7. The van der Waals surface area contributed by atoms with E-state index in [2.05, 4.69) is 30.4 Å². The van der Waals surface area contributed by atoms with Gasteiger partial charge in [0.15, 0.2) is 5.17 Å². The maximum absolute atomic E-state index is 12.0. The molecule has 0 fully saturated rings. The maximum atomic E-state index is 12.0. The van der Waals surface area contributed by atoms with E-state index < -0.39 is 0 Å². The van der Waals surface area contributed by atoms with Gasteiger partial charge in [-0.25, -0.2) is 0 Å². The number of rotatable bonds is 2. The van der Waals surface area contributed by atoms with Crippen LogP contribution in [0.4, 0.5) is 0 Å². The molecular formula is C19H28N2OS. The summed E-state index contributed by atoms with van der Waals surface area (Å²) in [5, 5.41) is 3.44. The van der Waals surface area contributed by atoms with Crippen LogP contribution in [0.2, 0.25) is 0 Å². The third-order valence-electron chi connectivity index (χ3n) is 2.85. The Morgan fingerprint density at radius 2 is 1.87 bits per heavy atom. The van der Waals surface area contributed by atoms with Crippen LogP contribution in [0.25, 0.3) is 0 Å². The number of thioether (sulfide) groups is 1. The Hall–Kier alpha value is -1.81. The third kappa shape index (κ3) is 7.33. The number of allylic oxidation sites excluding steroid dienone is 1. The number of aliphatic imine (C=N–C) groups is 1. The minimum atomic E-state index is -0.120. The Labute approximate surface area is 145 Å². The molecule has 0 saturated carbocycles. The molecule has 1 aliphatic heterocycles. The zero-order valence-corrected chi connectivity index (χ0v) is 15.7. The van der Waals surface area contributed by atoms with Crippen molar-refractivity contribution < 1.29 is 4.79 Å². The van der Waals surface area contributed by atoms with Crippen LogP contribution in [-0.4, -0.2) is 17.1 Å². The Morgan fingerprint density at radius 1 is 1.35 bits per heavy atom. The number of amidine groups is 1. The minimum Gasteiger partial charge on any atom is -0.301 e. The molecule has 0 spiro atoms.